The number of rotatable bonds is 7. The third kappa shape index (κ3) is 5.18. The fraction of sp³-hybridized carbons (Fsp3) is 0.111. The number of amides is 1. The van der Waals surface area contributed by atoms with Crippen LogP contribution in [0.3, 0.4) is 0 Å². The third-order valence-corrected chi connectivity index (χ3v) is 4.25. The second-order valence-corrected chi connectivity index (χ2v) is 6.45. The predicted octanol–water partition coefficient (Wildman–Crippen LogP) is 3.18. The summed E-state index contributed by atoms with van der Waals surface area (Å²) in [5.41, 5.74) is 6.12. The molecule has 1 amide bonds. The molecule has 2 aromatic carbocycles. The number of halogens is 1. The van der Waals surface area contributed by atoms with Crippen molar-refractivity contribution in [1.29, 1.82) is 5.26 Å². The number of benzene rings is 2. The molecule has 0 saturated heterocycles. The van der Waals surface area contributed by atoms with Gasteiger partial charge >= 0.3 is 0 Å². The molecular formula is C18H14IN3O5. The molecule has 0 aliphatic carbocycles. The summed E-state index contributed by atoms with van der Waals surface area (Å²) < 4.78 is 11.8. The number of nitrogens with two attached hydrogens (primary N) is 1. The Kier molecular flexibility index (Phi) is 6.73. The van der Waals surface area contributed by atoms with Crippen molar-refractivity contribution in [1.82, 2.24) is 0 Å². The summed E-state index contributed by atoms with van der Waals surface area (Å²) in [6.45, 7) is 0.105. The molecule has 2 aromatic rings. The first-order valence-corrected chi connectivity index (χ1v) is 8.59. The molecule has 0 atom stereocenters. The first-order valence-electron chi connectivity index (χ1n) is 7.51. The van der Waals surface area contributed by atoms with E-state index in [0.717, 1.165) is 0 Å². The summed E-state index contributed by atoms with van der Waals surface area (Å²) in [6.07, 6.45) is 1.36. The summed E-state index contributed by atoms with van der Waals surface area (Å²) in [5, 5.41) is 19.8. The van der Waals surface area contributed by atoms with Gasteiger partial charge in [-0.2, -0.15) is 5.26 Å². The van der Waals surface area contributed by atoms with Crippen molar-refractivity contribution in [2.45, 2.75) is 6.61 Å². The number of non-ortho nitro benzene ring substituents is 1. The molecule has 0 radical (unpaired) electrons. The van der Waals surface area contributed by atoms with Gasteiger partial charge in [-0.05, 0) is 51.9 Å². The summed E-state index contributed by atoms with van der Waals surface area (Å²) >= 11 is 2.03. The molecular weight excluding hydrogens is 465 g/mol. The van der Waals surface area contributed by atoms with Gasteiger partial charge in [-0.25, -0.2) is 0 Å². The normalized spacial score (nSPS) is 10.8. The molecule has 0 aliphatic heterocycles. The standard InChI is InChI=1S/C18H14IN3O5/c1-26-16-8-12(5-13(9-20)18(21)23)7-15(19)17(16)27-10-11-3-2-4-14(6-11)22(24)25/h2-8H,10H2,1H3,(H2,21,23)/b13-5+. The second-order valence-electron chi connectivity index (χ2n) is 5.28. The lowest BCUT2D eigenvalue weighted by Crippen LogP contribution is -2.12. The van der Waals surface area contributed by atoms with Crippen LogP contribution in [0.5, 0.6) is 11.5 Å². The van der Waals surface area contributed by atoms with Gasteiger partial charge in [0.05, 0.1) is 15.6 Å². The Morgan fingerprint density at radius 1 is 1.41 bits per heavy atom. The Morgan fingerprint density at radius 2 is 2.15 bits per heavy atom. The van der Waals surface area contributed by atoms with E-state index in [1.54, 1.807) is 30.3 Å². The Bertz CT molecular complexity index is 966. The number of nitriles is 1. The quantitative estimate of drug-likeness (QED) is 0.214. The van der Waals surface area contributed by atoms with Crippen LogP contribution in [0.15, 0.2) is 42.0 Å². The van der Waals surface area contributed by atoms with Gasteiger partial charge in [0.1, 0.15) is 18.2 Å². The van der Waals surface area contributed by atoms with E-state index >= 15 is 0 Å². The summed E-state index contributed by atoms with van der Waals surface area (Å²) in [4.78, 5) is 21.6. The van der Waals surface area contributed by atoms with Crippen LogP contribution in [-0.4, -0.2) is 17.9 Å². The molecule has 0 aromatic heterocycles. The highest BCUT2D eigenvalue weighted by molar-refractivity contribution is 14.1. The van der Waals surface area contributed by atoms with Crippen molar-refractivity contribution < 1.29 is 19.2 Å². The molecule has 2 rings (SSSR count). The Balaban J connectivity index is 2.30. The smallest absolute Gasteiger partial charge is 0.269 e. The monoisotopic (exact) mass is 479 g/mol. The zero-order valence-corrected chi connectivity index (χ0v) is 16.3. The first-order chi connectivity index (χ1) is 12.8. The van der Waals surface area contributed by atoms with Gasteiger partial charge in [-0.15, -0.1) is 0 Å². The molecule has 0 saturated carbocycles. The maximum atomic E-state index is 11.2. The first kappa shape index (κ1) is 20.2. The molecule has 0 heterocycles. The number of methoxy groups -OCH3 is 1. The Morgan fingerprint density at radius 3 is 2.74 bits per heavy atom. The van der Waals surface area contributed by atoms with Crippen molar-refractivity contribution >= 4 is 40.3 Å². The van der Waals surface area contributed by atoms with E-state index in [0.29, 0.717) is 26.2 Å². The van der Waals surface area contributed by atoms with Crippen LogP contribution in [-0.2, 0) is 11.4 Å². The number of nitro groups is 1. The lowest BCUT2D eigenvalue weighted by molar-refractivity contribution is -0.384. The molecule has 0 unspecified atom stereocenters. The van der Waals surface area contributed by atoms with Crippen LogP contribution in [0.1, 0.15) is 11.1 Å². The number of ether oxygens (including phenoxy) is 2. The topological polar surface area (TPSA) is 128 Å². The Labute approximate surface area is 168 Å². The Hall–Kier alpha value is -3.13. The summed E-state index contributed by atoms with van der Waals surface area (Å²) in [6, 6.07) is 11.2. The zero-order chi connectivity index (χ0) is 20.0. The van der Waals surface area contributed by atoms with E-state index in [1.165, 1.54) is 25.3 Å². The number of nitrogens with zero attached hydrogens (tertiary/aromatic N) is 2. The number of nitro benzene ring substituents is 1. The third-order valence-electron chi connectivity index (χ3n) is 3.45. The van der Waals surface area contributed by atoms with Crippen molar-refractivity contribution in [2.75, 3.05) is 7.11 Å². The van der Waals surface area contributed by atoms with E-state index in [9.17, 15) is 14.9 Å². The fourth-order valence-electron chi connectivity index (χ4n) is 2.20. The minimum Gasteiger partial charge on any atom is -0.493 e. The van der Waals surface area contributed by atoms with E-state index < -0.39 is 10.8 Å². The summed E-state index contributed by atoms with van der Waals surface area (Å²) in [5.74, 6) is 0.0113. The molecule has 0 aliphatic rings. The van der Waals surface area contributed by atoms with Crippen molar-refractivity contribution in [2.24, 2.45) is 5.73 Å². The number of hydrogen-bond acceptors (Lipinski definition) is 6. The lowest BCUT2D eigenvalue weighted by Gasteiger charge is -2.14. The number of carbonyl (C=O) groups excluding carboxylic acids is 1. The molecule has 138 valence electrons. The van der Waals surface area contributed by atoms with E-state index in [1.807, 2.05) is 22.6 Å². The molecule has 2 N–H and O–H groups in total. The largest absolute Gasteiger partial charge is 0.493 e. The highest BCUT2D eigenvalue weighted by atomic mass is 127. The molecule has 27 heavy (non-hydrogen) atoms. The fourth-order valence-corrected chi connectivity index (χ4v) is 2.98. The van der Waals surface area contributed by atoms with Gasteiger partial charge in [-0.1, -0.05) is 12.1 Å². The van der Waals surface area contributed by atoms with Gasteiger partial charge in [0.2, 0.25) is 0 Å². The highest BCUT2D eigenvalue weighted by Gasteiger charge is 2.14. The summed E-state index contributed by atoms with van der Waals surface area (Å²) in [7, 11) is 1.46. The number of carbonyl (C=O) groups is 1. The van der Waals surface area contributed by atoms with Gasteiger partial charge in [0.25, 0.3) is 11.6 Å². The second kappa shape index (κ2) is 9.00. The van der Waals surface area contributed by atoms with E-state index in [2.05, 4.69) is 0 Å². The minimum absolute atomic E-state index is 0.0197. The van der Waals surface area contributed by atoms with Gasteiger partial charge in [0, 0.05) is 12.1 Å². The molecule has 0 bridgehead atoms. The van der Waals surface area contributed by atoms with Gasteiger partial charge in [-0.3, -0.25) is 14.9 Å². The van der Waals surface area contributed by atoms with Gasteiger partial charge in [0.15, 0.2) is 11.5 Å². The number of primary amides is 1. The highest BCUT2D eigenvalue weighted by Crippen LogP contribution is 2.35. The van der Waals surface area contributed by atoms with Crippen LogP contribution in [0.4, 0.5) is 5.69 Å². The number of hydrogen-bond donors (Lipinski definition) is 1. The maximum Gasteiger partial charge on any atom is 0.269 e. The SMILES string of the molecule is COc1cc(/C=C(\C#N)C(N)=O)cc(I)c1OCc1cccc([N+](=O)[O-])c1. The molecule has 0 fully saturated rings. The maximum absolute atomic E-state index is 11.2. The van der Waals surface area contributed by atoms with Crippen LogP contribution < -0.4 is 15.2 Å². The zero-order valence-electron chi connectivity index (χ0n) is 14.1. The van der Waals surface area contributed by atoms with Crippen LogP contribution in [0.2, 0.25) is 0 Å². The minimum atomic E-state index is -0.822. The molecule has 0 spiro atoms. The average molecular weight is 479 g/mol. The van der Waals surface area contributed by atoms with Crippen LogP contribution in [0.25, 0.3) is 6.08 Å². The van der Waals surface area contributed by atoms with Crippen molar-refractivity contribution in [3.05, 3.63) is 66.8 Å². The van der Waals surface area contributed by atoms with E-state index in [4.69, 9.17) is 20.5 Å². The van der Waals surface area contributed by atoms with Gasteiger partial charge < -0.3 is 15.2 Å². The van der Waals surface area contributed by atoms with Crippen LogP contribution in [0, 0.1) is 25.0 Å². The molecule has 9 heteroatoms. The van der Waals surface area contributed by atoms with E-state index in [-0.39, 0.29) is 17.9 Å². The lowest BCUT2D eigenvalue weighted by atomic mass is 10.1. The van der Waals surface area contributed by atoms with Crippen LogP contribution >= 0.6 is 22.6 Å². The van der Waals surface area contributed by atoms with Crippen molar-refractivity contribution in [3.8, 4) is 17.6 Å². The predicted molar refractivity (Wildman–Crippen MR) is 106 cm³/mol. The molecule has 8 nitrogen and oxygen atoms in total. The average Bonchev–Trinajstić information content (AvgIpc) is 2.64. The van der Waals surface area contributed by atoms with Crippen molar-refractivity contribution in [3.63, 3.8) is 0 Å².